The molecule has 1 fully saturated rings. The van der Waals surface area contributed by atoms with Gasteiger partial charge in [-0.3, -0.25) is 9.48 Å². The first kappa shape index (κ1) is 26.2. The third kappa shape index (κ3) is 5.87. The number of thiophene rings is 1. The topological polar surface area (TPSA) is 97.2 Å². The standard InChI is InChI=1S/C25H27Cl2N5O3S2/c26-20-14-23(36-25(20)27)37(34,35)16-22(33)29-11-7-17-4-3-5-18-15-30-32(24(17)18)19-8-12-31(13-9-19)21-6-1-2-10-28-21/h1-2,6-7,10,14-15,19H,3-5,8-9,11-13,16H2,(H,29,33)/b17-7+. The van der Waals surface area contributed by atoms with Gasteiger partial charge in [-0.2, -0.15) is 5.10 Å². The van der Waals surface area contributed by atoms with Crippen molar-refractivity contribution in [3.8, 4) is 0 Å². The van der Waals surface area contributed by atoms with Crippen molar-refractivity contribution in [1.29, 1.82) is 0 Å². The van der Waals surface area contributed by atoms with Gasteiger partial charge in [0.1, 0.15) is 20.1 Å². The molecule has 4 heterocycles. The number of allylic oxidation sites excluding steroid dienone is 1. The minimum absolute atomic E-state index is 0.00841. The van der Waals surface area contributed by atoms with Crippen LogP contribution in [0.15, 0.2) is 46.9 Å². The van der Waals surface area contributed by atoms with Crippen molar-refractivity contribution in [1.82, 2.24) is 20.1 Å². The first-order chi connectivity index (χ1) is 17.8. The van der Waals surface area contributed by atoms with E-state index >= 15 is 0 Å². The van der Waals surface area contributed by atoms with Gasteiger partial charge in [-0.1, -0.05) is 35.3 Å². The van der Waals surface area contributed by atoms with Gasteiger partial charge in [0.05, 0.1) is 23.0 Å². The number of nitrogens with zero attached hydrogens (tertiary/aromatic N) is 4. The molecule has 1 N–H and O–H groups in total. The van der Waals surface area contributed by atoms with Crippen molar-refractivity contribution in [3.05, 3.63) is 63.4 Å². The van der Waals surface area contributed by atoms with Gasteiger partial charge in [-0.05, 0) is 61.4 Å². The van der Waals surface area contributed by atoms with Gasteiger partial charge in [0.25, 0.3) is 0 Å². The van der Waals surface area contributed by atoms with Gasteiger partial charge in [0, 0.05) is 25.8 Å². The molecule has 0 aromatic carbocycles. The smallest absolute Gasteiger partial charge is 0.235 e. The molecule has 1 saturated heterocycles. The van der Waals surface area contributed by atoms with E-state index in [4.69, 9.17) is 28.3 Å². The second-order valence-electron chi connectivity index (χ2n) is 9.20. The Hall–Kier alpha value is -2.40. The number of piperidine rings is 1. The third-order valence-electron chi connectivity index (χ3n) is 6.75. The molecule has 0 bridgehead atoms. The van der Waals surface area contributed by atoms with Crippen LogP contribution in [0.3, 0.4) is 0 Å². The second-order valence-corrected chi connectivity index (χ2v) is 13.5. The van der Waals surface area contributed by atoms with E-state index in [1.54, 1.807) is 0 Å². The molecule has 0 spiro atoms. The maximum atomic E-state index is 12.5. The van der Waals surface area contributed by atoms with Crippen molar-refractivity contribution < 1.29 is 13.2 Å². The van der Waals surface area contributed by atoms with E-state index in [-0.39, 0.29) is 20.1 Å². The number of anilines is 1. The molecule has 12 heteroatoms. The minimum Gasteiger partial charge on any atom is -0.356 e. The summed E-state index contributed by atoms with van der Waals surface area (Å²) in [5, 5.41) is 7.65. The summed E-state index contributed by atoms with van der Waals surface area (Å²) in [4.78, 5) is 19.2. The zero-order valence-electron chi connectivity index (χ0n) is 20.1. The molecule has 3 aromatic heterocycles. The highest BCUT2D eigenvalue weighted by molar-refractivity contribution is 7.94. The lowest BCUT2D eigenvalue weighted by Crippen LogP contribution is -2.36. The van der Waals surface area contributed by atoms with Gasteiger partial charge in [0.2, 0.25) is 5.91 Å². The Morgan fingerprint density at radius 3 is 2.73 bits per heavy atom. The molecular formula is C25H27Cl2N5O3S2. The summed E-state index contributed by atoms with van der Waals surface area (Å²) in [5.74, 6) is -0.211. The van der Waals surface area contributed by atoms with Crippen LogP contribution in [0.4, 0.5) is 5.82 Å². The number of fused-ring (bicyclic) bond motifs is 1. The average molecular weight is 581 g/mol. The predicted molar refractivity (Wildman–Crippen MR) is 147 cm³/mol. The van der Waals surface area contributed by atoms with E-state index in [0.717, 1.165) is 73.6 Å². The summed E-state index contributed by atoms with van der Waals surface area (Å²) in [6.45, 7) is 2.08. The van der Waals surface area contributed by atoms with Crippen LogP contribution < -0.4 is 10.2 Å². The first-order valence-electron chi connectivity index (χ1n) is 12.2. The Bertz CT molecular complexity index is 1390. The summed E-state index contributed by atoms with van der Waals surface area (Å²) in [6.07, 6.45) is 10.6. The summed E-state index contributed by atoms with van der Waals surface area (Å²) >= 11 is 12.6. The van der Waals surface area contributed by atoms with Gasteiger partial charge < -0.3 is 10.2 Å². The van der Waals surface area contributed by atoms with Gasteiger partial charge in [-0.15, -0.1) is 11.3 Å². The van der Waals surface area contributed by atoms with Crippen molar-refractivity contribution in [3.63, 3.8) is 0 Å². The van der Waals surface area contributed by atoms with Crippen LogP contribution in [0.5, 0.6) is 0 Å². The molecule has 1 aliphatic heterocycles. The number of aryl methyl sites for hydroxylation is 1. The number of hydrogen-bond donors (Lipinski definition) is 1. The lowest BCUT2D eigenvalue weighted by molar-refractivity contribution is -0.118. The van der Waals surface area contributed by atoms with Crippen LogP contribution in [0.2, 0.25) is 9.36 Å². The van der Waals surface area contributed by atoms with Gasteiger partial charge >= 0.3 is 0 Å². The van der Waals surface area contributed by atoms with Crippen molar-refractivity contribution >= 4 is 61.7 Å². The van der Waals surface area contributed by atoms with E-state index in [9.17, 15) is 13.2 Å². The predicted octanol–water partition coefficient (Wildman–Crippen LogP) is 4.80. The monoisotopic (exact) mass is 579 g/mol. The van der Waals surface area contributed by atoms with Crippen LogP contribution >= 0.6 is 34.5 Å². The normalized spacial score (nSPS) is 17.7. The highest BCUT2D eigenvalue weighted by atomic mass is 35.5. The van der Waals surface area contributed by atoms with Crippen molar-refractivity contribution in [2.24, 2.45) is 0 Å². The Morgan fingerprint density at radius 1 is 1.22 bits per heavy atom. The van der Waals surface area contributed by atoms with Crippen molar-refractivity contribution in [2.45, 2.75) is 42.4 Å². The van der Waals surface area contributed by atoms with Gasteiger partial charge in [-0.25, -0.2) is 13.4 Å². The molecule has 1 amide bonds. The van der Waals surface area contributed by atoms with E-state index in [1.165, 1.54) is 11.6 Å². The highest BCUT2D eigenvalue weighted by Crippen LogP contribution is 2.36. The zero-order chi connectivity index (χ0) is 26.0. The maximum absolute atomic E-state index is 12.5. The third-order valence-corrected chi connectivity index (χ3v) is 10.8. The molecule has 0 saturated carbocycles. The Balaban J connectivity index is 1.23. The molecule has 196 valence electrons. The molecule has 1 aliphatic carbocycles. The van der Waals surface area contributed by atoms with Crippen LogP contribution in [0.25, 0.3) is 5.57 Å². The number of pyridine rings is 1. The van der Waals surface area contributed by atoms with Crippen molar-refractivity contribution in [2.75, 3.05) is 30.3 Å². The second kappa shape index (κ2) is 11.1. The number of amides is 1. The van der Waals surface area contributed by atoms with E-state index < -0.39 is 21.5 Å². The molecule has 0 radical (unpaired) electrons. The lowest BCUT2D eigenvalue weighted by atomic mass is 9.92. The highest BCUT2D eigenvalue weighted by Gasteiger charge is 2.28. The number of rotatable bonds is 7. The summed E-state index contributed by atoms with van der Waals surface area (Å²) in [5.41, 5.74) is 3.52. The fraction of sp³-hybridized carbons (Fsp3) is 0.400. The summed E-state index contributed by atoms with van der Waals surface area (Å²) < 4.78 is 27.4. The minimum atomic E-state index is -3.81. The Labute approximate surface area is 230 Å². The molecule has 37 heavy (non-hydrogen) atoms. The summed E-state index contributed by atoms with van der Waals surface area (Å²) in [6, 6.07) is 7.56. The number of halogens is 2. The number of nitrogens with one attached hydrogen (secondary N) is 1. The Morgan fingerprint density at radius 2 is 2.03 bits per heavy atom. The molecule has 5 rings (SSSR count). The number of aromatic nitrogens is 3. The maximum Gasteiger partial charge on any atom is 0.235 e. The quantitative estimate of drug-likeness (QED) is 0.432. The van der Waals surface area contributed by atoms with Crippen LogP contribution in [-0.4, -0.2) is 54.5 Å². The fourth-order valence-corrected chi connectivity index (χ4v) is 8.07. The molecule has 8 nitrogen and oxygen atoms in total. The zero-order valence-corrected chi connectivity index (χ0v) is 23.2. The molecule has 0 atom stereocenters. The van der Waals surface area contributed by atoms with E-state index in [2.05, 4.69) is 19.9 Å². The van der Waals surface area contributed by atoms with Crippen LogP contribution in [-0.2, 0) is 21.1 Å². The Kier molecular flexibility index (Phi) is 7.90. The average Bonchev–Trinajstić information content (AvgIpc) is 3.48. The van der Waals surface area contributed by atoms with Crippen LogP contribution in [0.1, 0.15) is 43.0 Å². The largest absolute Gasteiger partial charge is 0.356 e. The number of carbonyl (C=O) groups is 1. The molecular weight excluding hydrogens is 553 g/mol. The fourth-order valence-electron chi connectivity index (χ4n) is 4.94. The van der Waals surface area contributed by atoms with E-state index in [1.807, 2.05) is 36.7 Å². The van der Waals surface area contributed by atoms with E-state index in [0.29, 0.717) is 6.04 Å². The summed E-state index contributed by atoms with van der Waals surface area (Å²) in [7, 11) is -3.81. The lowest BCUT2D eigenvalue weighted by Gasteiger charge is -2.34. The van der Waals surface area contributed by atoms with Gasteiger partial charge in [0.15, 0.2) is 9.84 Å². The first-order valence-corrected chi connectivity index (χ1v) is 15.4. The molecule has 3 aromatic rings. The molecule has 2 aliphatic rings. The SMILES string of the molecule is O=C(CS(=O)(=O)c1cc(Cl)c(Cl)s1)NC/C=C1\CCCc2cnn(C3CCN(c4ccccn4)CC3)c21. The van der Waals surface area contributed by atoms with Crippen LogP contribution in [0, 0.1) is 0 Å². The number of carbonyl (C=O) groups excluding carboxylic acids is 1. The molecule has 0 unspecified atom stereocenters. The number of hydrogen-bond acceptors (Lipinski definition) is 7. The number of sulfone groups is 1.